The van der Waals surface area contributed by atoms with Crippen molar-refractivity contribution in [1.82, 2.24) is 5.32 Å². The Morgan fingerprint density at radius 1 is 1.00 bits per heavy atom. The molecule has 0 bridgehead atoms. The van der Waals surface area contributed by atoms with Crippen molar-refractivity contribution < 1.29 is 0 Å². The minimum absolute atomic E-state index is 0.200. The van der Waals surface area contributed by atoms with E-state index in [1.807, 2.05) is 0 Å². The zero-order valence-corrected chi connectivity index (χ0v) is 15.4. The van der Waals surface area contributed by atoms with Gasteiger partial charge in [-0.3, -0.25) is 0 Å². The van der Waals surface area contributed by atoms with Crippen LogP contribution in [-0.2, 0) is 0 Å². The number of nitrogens with two attached hydrogens (primary N) is 1. The van der Waals surface area contributed by atoms with Crippen molar-refractivity contribution in [2.24, 2.45) is 35.3 Å². The molecule has 2 nitrogen and oxygen atoms in total. The molecular formula is C19H40N2. The summed E-state index contributed by atoms with van der Waals surface area (Å²) < 4.78 is 0. The maximum absolute atomic E-state index is 6.21. The standard InChI is InChI=1S/C19H40N2/c1-14(2)17-8-7-10-19(13-20,11-9-17)21-12-18(15(3)4)16(5)6/h14-18,21H,7-13,20H2,1-6H3. The van der Waals surface area contributed by atoms with Crippen molar-refractivity contribution in [2.45, 2.75) is 79.2 Å². The fraction of sp³-hybridized carbons (Fsp3) is 1.00. The molecule has 0 aromatic rings. The molecule has 0 aromatic heterocycles. The van der Waals surface area contributed by atoms with E-state index < -0.39 is 0 Å². The summed E-state index contributed by atoms with van der Waals surface area (Å²) in [4.78, 5) is 0. The predicted molar refractivity (Wildman–Crippen MR) is 94.4 cm³/mol. The molecular weight excluding hydrogens is 256 g/mol. The van der Waals surface area contributed by atoms with Gasteiger partial charge in [0, 0.05) is 12.1 Å². The zero-order valence-electron chi connectivity index (χ0n) is 15.4. The Labute approximate surface area is 133 Å². The summed E-state index contributed by atoms with van der Waals surface area (Å²) in [5.41, 5.74) is 6.41. The quantitative estimate of drug-likeness (QED) is 0.682. The molecule has 2 atom stereocenters. The molecule has 0 radical (unpaired) electrons. The highest BCUT2D eigenvalue weighted by Gasteiger charge is 2.33. The van der Waals surface area contributed by atoms with Crippen molar-refractivity contribution >= 4 is 0 Å². The summed E-state index contributed by atoms with van der Waals surface area (Å²) in [5, 5.41) is 3.92. The van der Waals surface area contributed by atoms with Gasteiger partial charge in [-0.1, -0.05) is 54.4 Å². The second-order valence-corrected chi connectivity index (χ2v) is 8.45. The molecule has 0 heterocycles. The van der Waals surface area contributed by atoms with Crippen molar-refractivity contribution in [3.05, 3.63) is 0 Å². The van der Waals surface area contributed by atoms with Crippen LogP contribution in [0.2, 0.25) is 0 Å². The number of hydrogen-bond donors (Lipinski definition) is 2. The van der Waals surface area contributed by atoms with Crippen LogP contribution in [0.3, 0.4) is 0 Å². The molecule has 126 valence electrons. The van der Waals surface area contributed by atoms with Crippen LogP contribution in [0.1, 0.15) is 73.6 Å². The fourth-order valence-corrected chi connectivity index (χ4v) is 4.13. The van der Waals surface area contributed by atoms with E-state index in [1.165, 1.54) is 32.1 Å². The summed E-state index contributed by atoms with van der Waals surface area (Å²) in [6.45, 7) is 16.1. The van der Waals surface area contributed by atoms with Gasteiger partial charge in [0.2, 0.25) is 0 Å². The van der Waals surface area contributed by atoms with Crippen molar-refractivity contribution in [3.8, 4) is 0 Å². The van der Waals surface area contributed by atoms with Gasteiger partial charge in [0.15, 0.2) is 0 Å². The first-order chi connectivity index (χ1) is 9.81. The van der Waals surface area contributed by atoms with E-state index in [-0.39, 0.29) is 5.54 Å². The first-order valence-corrected chi connectivity index (χ1v) is 9.26. The lowest BCUT2D eigenvalue weighted by molar-refractivity contribution is 0.213. The highest BCUT2D eigenvalue weighted by Crippen LogP contribution is 2.34. The minimum atomic E-state index is 0.200. The summed E-state index contributed by atoms with van der Waals surface area (Å²) in [7, 11) is 0. The van der Waals surface area contributed by atoms with Gasteiger partial charge in [0.1, 0.15) is 0 Å². The normalized spacial score (nSPS) is 27.9. The maximum atomic E-state index is 6.21. The van der Waals surface area contributed by atoms with Gasteiger partial charge in [0.25, 0.3) is 0 Å². The highest BCUT2D eigenvalue weighted by atomic mass is 15.0. The van der Waals surface area contributed by atoms with E-state index in [2.05, 4.69) is 46.9 Å². The summed E-state index contributed by atoms with van der Waals surface area (Å²) in [6.07, 6.45) is 6.58. The third-order valence-electron chi connectivity index (χ3n) is 5.98. The molecule has 0 saturated heterocycles. The third-order valence-corrected chi connectivity index (χ3v) is 5.98. The van der Waals surface area contributed by atoms with Crippen LogP contribution in [0.15, 0.2) is 0 Å². The average Bonchev–Trinajstić information content (AvgIpc) is 2.61. The van der Waals surface area contributed by atoms with Gasteiger partial charge < -0.3 is 11.1 Å². The maximum Gasteiger partial charge on any atom is 0.0304 e. The van der Waals surface area contributed by atoms with Crippen LogP contribution in [0.5, 0.6) is 0 Å². The summed E-state index contributed by atoms with van der Waals surface area (Å²) in [5.74, 6) is 3.93. The molecule has 2 unspecified atom stereocenters. The molecule has 0 aliphatic heterocycles. The van der Waals surface area contributed by atoms with Crippen molar-refractivity contribution in [2.75, 3.05) is 13.1 Å². The molecule has 3 N–H and O–H groups in total. The first-order valence-electron chi connectivity index (χ1n) is 9.26. The molecule has 1 aliphatic carbocycles. The number of hydrogen-bond acceptors (Lipinski definition) is 2. The fourth-order valence-electron chi connectivity index (χ4n) is 4.13. The van der Waals surface area contributed by atoms with Crippen LogP contribution in [0.4, 0.5) is 0 Å². The van der Waals surface area contributed by atoms with E-state index in [1.54, 1.807) is 0 Å². The van der Waals surface area contributed by atoms with E-state index in [4.69, 9.17) is 5.73 Å². The molecule has 1 fully saturated rings. The lowest BCUT2D eigenvalue weighted by Crippen LogP contribution is -2.53. The Morgan fingerprint density at radius 2 is 1.62 bits per heavy atom. The van der Waals surface area contributed by atoms with Crippen LogP contribution >= 0.6 is 0 Å². The highest BCUT2D eigenvalue weighted by molar-refractivity contribution is 4.93. The molecule has 21 heavy (non-hydrogen) atoms. The third kappa shape index (κ3) is 5.56. The monoisotopic (exact) mass is 296 g/mol. The molecule has 0 amide bonds. The van der Waals surface area contributed by atoms with Gasteiger partial charge in [0.05, 0.1) is 0 Å². The van der Waals surface area contributed by atoms with Crippen LogP contribution in [0, 0.1) is 29.6 Å². The second-order valence-electron chi connectivity index (χ2n) is 8.45. The first kappa shape index (κ1) is 19.0. The second kappa shape index (κ2) is 8.53. The van der Waals surface area contributed by atoms with Crippen LogP contribution in [0.25, 0.3) is 0 Å². The number of nitrogens with one attached hydrogen (secondary N) is 1. The molecule has 1 saturated carbocycles. The zero-order chi connectivity index (χ0) is 16.0. The van der Waals surface area contributed by atoms with Gasteiger partial charge in [-0.25, -0.2) is 0 Å². The average molecular weight is 297 g/mol. The van der Waals surface area contributed by atoms with E-state index in [0.29, 0.717) is 0 Å². The minimum Gasteiger partial charge on any atom is -0.329 e. The Kier molecular flexibility index (Phi) is 7.70. The van der Waals surface area contributed by atoms with Gasteiger partial charge in [-0.2, -0.15) is 0 Å². The Bertz CT molecular complexity index is 277. The lowest BCUT2D eigenvalue weighted by Gasteiger charge is -2.36. The number of rotatable bonds is 7. The van der Waals surface area contributed by atoms with Crippen molar-refractivity contribution in [1.29, 1.82) is 0 Å². The largest absolute Gasteiger partial charge is 0.329 e. The summed E-state index contributed by atoms with van der Waals surface area (Å²) >= 11 is 0. The summed E-state index contributed by atoms with van der Waals surface area (Å²) in [6, 6.07) is 0. The van der Waals surface area contributed by atoms with Crippen LogP contribution < -0.4 is 11.1 Å². The molecule has 0 spiro atoms. The van der Waals surface area contributed by atoms with E-state index in [9.17, 15) is 0 Å². The molecule has 1 aliphatic rings. The Balaban J connectivity index is 2.64. The molecule has 2 heteroatoms. The van der Waals surface area contributed by atoms with E-state index in [0.717, 1.165) is 42.7 Å². The topological polar surface area (TPSA) is 38.0 Å². The Morgan fingerprint density at radius 3 is 2.10 bits per heavy atom. The smallest absolute Gasteiger partial charge is 0.0304 e. The molecule has 1 rings (SSSR count). The predicted octanol–water partition coefficient (Wildman–Crippen LogP) is 4.44. The van der Waals surface area contributed by atoms with Crippen molar-refractivity contribution in [3.63, 3.8) is 0 Å². The van der Waals surface area contributed by atoms with Gasteiger partial charge in [-0.05, 0) is 55.4 Å². The van der Waals surface area contributed by atoms with Gasteiger partial charge in [-0.15, -0.1) is 0 Å². The van der Waals surface area contributed by atoms with Gasteiger partial charge >= 0.3 is 0 Å². The lowest BCUT2D eigenvalue weighted by atomic mass is 9.83. The van der Waals surface area contributed by atoms with E-state index >= 15 is 0 Å². The van der Waals surface area contributed by atoms with Crippen LogP contribution in [-0.4, -0.2) is 18.6 Å². The Hall–Kier alpha value is -0.0800. The SMILES string of the molecule is CC(C)C1CCCC(CN)(NCC(C(C)C)C(C)C)CC1. The molecule has 0 aromatic carbocycles.